The first-order valence-electron chi connectivity index (χ1n) is 7.25. The summed E-state index contributed by atoms with van der Waals surface area (Å²) < 4.78 is 42.2. The molecule has 0 amide bonds. The van der Waals surface area contributed by atoms with Gasteiger partial charge in [0.05, 0.1) is 24.3 Å². The van der Waals surface area contributed by atoms with Crippen molar-refractivity contribution in [3.63, 3.8) is 0 Å². The second kappa shape index (κ2) is 7.21. The van der Waals surface area contributed by atoms with E-state index in [0.717, 1.165) is 11.3 Å². The molecule has 3 heterocycles. The zero-order valence-electron chi connectivity index (χ0n) is 13.1. The van der Waals surface area contributed by atoms with Crippen LogP contribution >= 0.6 is 11.3 Å². The van der Waals surface area contributed by atoms with Gasteiger partial charge in [-0.1, -0.05) is 5.16 Å². The van der Waals surface area contributed by atoms with Crippen LogP contribution in [0.15, 0.2) is 49.7 Å². The Labute approximate surface area is 147 Å². The van der Waals surface area contributed by atoms with Gasteiger partial charge in [0.15, 0.2) is 11.5 Å². The molecule has 132 valence electrons. The van der Waals surface area contributed by atoms with Crippen LogP contribution in [0, 0.1) is 0 Å². The molecule has 0 unspecified atom stereocenters. The van der Waals surface area contributed by atoms with Crippen LogP contribution in [-0.2, 0) is 21.3 Å². The number of nitrogens with one attached hydrogen (secondary N) is 1. The lowest BCUT2D eigenvalue weighted by Gasteiger charge is -2.02. The molecular weight excluding hydrogens is 368 g/mol. The fourth-order valence-electron chi connectivity index (χ4n) is 1.94. The van der Waals surface area contributed by atoms with Gasteiger partial charge in [-0.2, -0.15) is 0 Å². The summed E-state index contributed by atoms with van der Waals surface area (Å²) in [5.74, 6) is 0.206. The summed E-state index contributed by atoms with van der Waals surface area (Å²) in [6.07, 6.45) is 1.47. The van der Waals surface area contributed by atoms with E-state index in [9.17, 15) is 13.2 Å². The minimum atomic E-state index is -3.69. The number of aromatic nitrogens is 1. The second-order valence-corrected chi connectivity index (χ2v) is 7.90. The number of ether oxygens (including phenoxy) is 1. The average Bonchev–Trinajstić information content (AvgIpc) is 3.33. The molecule has 25 heavy (non-hydrogen) atoms. The summed E-state index contributed by atoms with van der Waals surface area (Å²) in [6, 6.07) is 7.81. The Kier molecular flexibility index (Phi) is 5.02. The SMILES string of the molecule is CCOC(=O)c1cc(-c2ccc(S(=O)(=O)NCc3ccco3)s2)on1. The van der Waals surface area contributed by atoms with E-state index in [2.05, 4.69) is 9.88 Å². The Morgan fingerprint density at radius 1 is 1.36 bits per heavy atom. The number of carbonyl (C=O) groups is 1. The van der Waals surface area contributed by atoms with E-state index in [-0.39, 0.29) is 23.1 Å². The van der Waals surface area contributed by atoms with Crippen molar-refractivity contribution >= 4 is 27.3 Å². The summed E-state index contributed by atoms with van der Waals surface area (Å²) in [7, 11) is -3.69. The molecule has 3 rings (SSSR count). The molecule has 0 aliphatic heterocycles. The first-order chi connectivity index (χ1) is 12.0. The smallest absolute Gasteiger partial charge is 0.360 e. The van der Waals surface area contributed by atoms with Gasteiger partial charge in [-0.15, -0.1) is 11.3 Å². The molecule has 0 atom stereocenters. The van der Waals surface area contributed by atoms with Crippen molar-refractivity contribution in [2.24, 2.45) is 0 Å². The lowest BCUT2D eigenvalue weighted by molar-refractivity contribution is 0.0514. The molecular formula is C15H14N2O6S2. The zero-order chi connectivity index (χ0) is 17.9. The maximum atomic E-state index is 12.3. The Balaban J connectivity index is 1.74. The van der Waals surface area contributed by atoms with Crippen LogP contribution in [0.1, 0.15) is 23.2 Å². The first kappa shape index (κ1) is 17.4. The highest BCUT2D eigenvalue weighted by Crippen LogP contribution is 2.31. The molecule has 0 saturated carbocycles. The van der Waals surface area contributed by atoms with Crippen molar-refractivity contribution in [3.8, 4) is 10.6 Å². The predicted octanol–water partition coefficient (Wildman–Crippen LogP) is 2.65. The molecule has 0 aliphatic rings. The molecule has 3 aromatic rings. The van der Waals surface area contributed by atoms with Gasteiger partial charge in [0.1, 0.15) is 9.97 Å². The predicted molar refractivity (Wildman–Crippen MR) is 88.5 cm³/mol. The highest BCUT2D eigenvalue weighted by Gasteiger charge is 2.20. The van der Waals surface area contributed by atoms with Crippen LogP contribution < -0.4 is 4.72 Å². The molecule has 8 nitrogen and oxygen atoms in total. The van der Waals surface area contributed by atoms with Crippen LogP contribution in [0.4, 0.5) is 0 Å². The third-order valence-corrected chi connectivity index (χ3v) is 6.09. The molecule has 0 saturated heterocycles. The van der Waals surface area contributed by atoms with Crippen molar-refractivity contribution in [2.75, 3.05) is 6.61 Å². The number of esters is 1. The molecule has 1 N–H and O–H groups in total. The Bertz CT molecular complexity index is 956. The Morgan fingerprint density at radius 3 is 2.92 bits per heavy atom. The van der Waals surface area contributed by atoms with E-state index in [4.69, 9.17) is 13.7 Å². The third kappa shape index (κ3) is 3.98. The number of carbonyl (C=O) groups excluding carboxylic acids is 1. The second-order valence-electron chi connectivity index (χ2n) is 4.82. The lowest BCUT2D eigenvalue weighted by Crippen LogP contribution is -2.22. The Morgan fingerprint density at radius 2 is 2.20 bits per heavy atom. The quantitative estimate of drug-likeness (QED) is 0.625. The van der Waals surface area contributed by atoms with Crippen molar-refractivity contribution in [2.45, 2.75) is 17.7 Å². The van der Waals surface area contributed by atoms with E-state index in [0.29, 0.717) is 16.4 Å². The standard InChI is InChI=1S/C15H14N2O6S2/c1-2-21-15(18)11-8-12(23-17-11)13-5-6-14(24-13)25(19,20)16-9-10-4-3-7-22-10/h3-8,16H,2,9H2,1H3. The number of rotatable bonds is 7. The summed E-state index contributed by atoms with van der Waals surface area (Å²) in [5, 5.41) is 3.63. The van der Waals surface area contributed by atoms with Gasteiger partial charge >= 0.3 is 5.97 Å². The van der Waals surface area contributed by atoms with Crippen LogP contribution in [0.25, 0.3) is 10.6 Å². The van der Waals surface area contributed by atoms with Crippen molar-refractivity contribution in [1.29, 1.82) is 0 Å². The summed E-state index contributed by atoms with van der Waals surface area (Å²) >= 11 is 1.00. The molecule has 0 fully saturated rings. The van der Waals surface area contributed by atoms with Crippen molar-refractivity contribution in [3.05, 3.63) is 48.0 Å². The number of furan rings is 1. The molecule has 0 bridgehead atoms. The number of sulfonamides is 1. The van der Waals surface area contributed by atoms with Gasteiger partial charge in [-0.25, -0.2) is 17.9 Å². The highest BCUT2D eigenvalue weighted by atomic mass is 32.2. The Hall–Kier alpha value is -2.43. The minimum Gasteiger partial charge on any atom is -0.468 e. The molecule has 0 aromatic carbocycles. The van der Waals surface area contributed by atoms with Gasteiger partial charge < -0.3 is 13.7 Å². The van der Waals surface area contributed by atoms with E-state index >= 15 is 0 Å². The normalized spacial score (nSPS) is 11.6. The fraction of sp³-hybridized carbons (Fsp3) is 0.200. The van der Waals surface area contributed by atoms with Gasteiger partial charge in [-0.3, -0.25) is 0 Å². The molecule has 0 spiro atoms. The van der Waals surface area contributed by atoms with Gasteiger partial charge in [-0.05, 0) is 31.2 Å². The number of hydrogen-bond acceptors (Lipinski definition) is 8. The van der Waals surface area contributed by atoms with Crippen molar-refractivity contribution in [1.82, 2.24) is 9.88 Å². The average molecular weight is 382 g/mol. The molecule has 10 heteroatoms. The monoisotopic (exact) mass is 382 g/mol. The zero-order valence-corrected chi connectivity index (χ0v) is 14.7. The number of thiophene rings is 1. The van der Waals surface area contributed by atoms with Crippen LogP contribution in [0.5, 0.6) is 0 Å². The van der Waals surface area contributed by atoms with E-state index in [1.807, 2.05) is 0 Å². The highest BCUT2D eigenvalue weighted by molar-refractivity contribution is 7.91. The fourth-order valence-corrected chi connectivity index (χ4v) is 4.23. The minimum absolute atomic E-state index is 0.0330. The summed E-state index contributed by atoms with van der Waals surface area (Å²) in [6.45, 7) is 1.96. The largest absolute Gasteiger partial charge is 0.468 e. The summed E-state index contributed by atoms with van der Waals surface area (Å²) in [5.41, 5.74) is 0.0330. The van der Waals surface area contributed by atoms with E-state index < -0.39 is 16.0 Å². The van der Waals surface area contributed by atoms with Crippen molar-refractivity contribution < 1.29 is 26.9 Å². The molecule has 0 aliphatic carbocycles. The van der Waals surface area contributed by atoms with Crippen LogP contribution in [0.3, 0.4) is 0 Å². The van der Waals surface area contributed by atoms with Gasteiger partial charge in [0, 0.05) is 6.07 Å². The topological polar surface area (TPSA) is 112 Å². The number of hydrogen-bond donors (Lipinski definition) is 1. The third-order valence-electron chi connectivity index (χ3n) is 3.10. The molecule has 3 aromatic heterocycles. The van der Waals surface area contributed by atoms with E-state index in [1.165, 1.54) is 18.4 Å². The molecule has 0 radical (unpaired) electrons. The van der Waals surface area contributed by atoms with Crippen LogP contribution in [-0.4, -0.2) is 26.2 Å². The maximum absolute atomic E-state index is 12.3. The lowest BCUT2D eigenvalue weighted by atomic mass is 10.3. The summed E-state index contributed by atoms with van der Waals surface area (Å²) in [4.78, 5) is 12.1. The maximum Gasteiger partial charge on any atom is 0.360 e. The first-order valence-corrected chi connectivity index (χ1v) is 9.55. The van der Waals surface area contributed by atoms with Crippen LogP contribution in [0.2, 0.25) is 0 Å². The van der Waals surface area contributed by atoms with E-state index in [1.54, 1.807) is 25.1 Å². The number of nitrogens with zero attached hydrogens (tertiary/aromatic N) is 1. The van der Waals surface area contributed by atoms with Gasteiger partial charge in [0.25, 0.3) is 0 Å². The van der Waals surface area contributed by atoms with Gasteiger partial charge in [0.2, 0.25) is 10.0 Å².